The van der Waals surface area contributed by atoms with Crippen LogP contribution in [0.15, 0.2) is 18.2 Å². The zero-order chi connectivity index (χ0) is 22.9. The van der Waals surface area contributed by atoms with Gasteiger partial charge in [0.1, 0.15) is 6.42 Å². The molecule has 2 fully saturated rings. The van der Waals surface area contributed by atoms with Crippen LogP contribution < -0.4 is 0 Å². The number of hydrogen-bond donors (Lipinski definition) is 0. The van der Waals surface area contributed by atoms with Gasteiger partial charge in [0.15, 0.2) is 0 Å². The van der Waals surface area contributed by atoms with Crippen LogP contribution in [0.3, 0.4) is 0 Å². The van der Waals surface area contributed by atoms with E-state index < -0.39 is 30.3 Å². The number of likely N-dealkylation sites (tertiary alicyclic amines) is 2. The highest BCUT2D eigenvalue weighted by molar-refractivity contribution is 7.18. The van der Waals surface area contributed by atoms with Gasteiger partial charge < -0.3 is 9.80 Å². The third kappa shape index (κ3) is 5.49. The number of carbonyl (C=O) groups excluding carboxylic acids is 2. The largest absolute Gasteiger partial charge is 0.396 e. The maximum atomic E-state index is 12.7. The molecule has 2 aliphatic heterocycles. The molecule has 1 amide bonds. The highest BCUT2D eigenvalue weighted by atomic mass is 32.1. The summed E-state index contributed by atoms with van der Waals surface area (Å²) in [6.07, 6.45) is -1.54. The van der Waals surface area contributed by atoms with Gasteiger partial charge in [-0.05, 0) is 62.4 Å². The number of ketones is 1. The van der Waals surface area contributed by atoms with Gasteiger partial charge in [-0.3, -0.25) is 9.59 Å². The van der Waals surface area contributed by atoms with E-state index in [9.17, 15) is 22.8 Å². The van der Waals surface area contributed by atoms with Gasteiger partial charge in [-0.15, -0.1) is 11.3 Å². The topological polar surface area (TPSA) is 53.5 Å². The first-order valence-electron chi connectivity index (χ1n) is 11.2. The van der Waals surface area contributed by atoms with E-state index in [4.69, 9.17) is 4.98 Å². The number of alkyl halides is 3. The van der Waals surface area contributed by atoms with Crippen LogP contribution in [-0.2, 0) is 16.0 Å². The molecule has 174 valence electrons. The molecule has 9 heteroatoms. The molecule has 0 unspecified atom stereocenters. The summed E-state index contributed by atoms with van der Waals surface area (Å²) in [5, 5.41) is 1.06. The third-order valence-corrected chi connectivity index (χ3v) is 7.46. The minimum absolute atomic E-state index is 0.133. The molecule has 4 rings (SSSR count). The third-order valence-electron chi connectivity index (χ3n) is 6.36. The van der Waals surface area contributed by atoms with E-state index in [1.807, 2.05) is 25.1 Å². The van der Waals surface area contributed by atoms with Crippen LogP contribution in [0.2, 0.25) is 0 Å². The Balaban J connectivity index is 1.52. The van der Waals surface area contributed by atoms with E-state index in [1.54, 1.807) is 11.3 Å². The first kappa shape index (κ1) is 23.2. The maximum absolute atomic E-state index is 12.7. The number of aromatic nitrogens is 1. The minimum Gasteiger partial charge on any atom is -0.329 e. The summed E-state index contributed by atoms with van der Waals surface area (Å²) in [5.41, 5.74) is 1.67. The van der Waals surface area contributed by atoms with Crippen LogP contribution in [0, 0.1) is 5.92 Å². The molecule has 0 N–H and O–H groups in total. The van der Waals surface area contributed by atoms with E-state index in [1.165, 1.54) is 17.7 Å². The summed E-state index contributed by atoms with van der Waals surface area (Å²) in [5.74, 6) is -2.30. The quantitative estimate of drug-likeness (QED) is 0.575. The lowest BCUT2D eigenvalue weighted by Crippen LogP contribution is -2.45. The van der Waals surface area contributed by atoms with Crippen LogP contribution >= 0.6 is 11.3 Å². The highest BCUT2D eigenvalue weighted by Gasteiger charge is 2.39. The number of piperidine rings is 1. The van der Waals surface area contributed by atoms with Crippen LogP contribution in [0.25, 0.3) is 10.2 Å². The molecule has 2 aliphatic rings. The van der Waals surface area contributed by atoms with E-state index in [2.05, 4.69) is 4.90 Å². The Hall–Kier alpha value is -2.00. The molecule has 2 saturated heterocycles. The number of hydrogen-bond acceptors (Lipinski definition) is 5. The SMILES string of the molecule is C[C@H]1CC[C@H](c2ccc3sc(CCN4CCCC4)nc3c2)N(C(=O)C(=O)CC(F)(F)F)C1. The van der Waals surface area contributed by atoms with Crippen molar-refractivity contribution in [3.63, 3.8) is 0 Å². The molecule has 0 aliphatic carbocycles. The number of carbonyl (C=O) groups is 2. The van der Waals surface area contributed by atoms with Crippen molar-refractivity contribution in [2.45, 2.75) is 57.7 Å². The Labute approximate surface area is 189 Å². The summed E-state index contributed by atoms with van der Waals surface area (Å²) in [7, 11) is 0. The molecule has 1 aromatic carbocycles. The van der Waals surface area contributed by atoms with E-state index in [0.717, 1.165) is 53.3 Å². The van der Waals surface area contributed by atoms with Crippen molar-refractivity contribution in [3.8, 4) is 0 Å². The molecule has 1 aromatic heterocycles. The van der Waals surface area contributed by atoms with Crippen molar-refractivity contribution >= 4 is 33.2 Å². The Morgan fingerprint density at radius 1 is 1.19 bits per heavy atom. The van der Waals surface area contributed by atoms with Gasteiger partial charge in [0.25, 0.3) is 5.91 Å². The molecule has 2 aromatic rings. The van der Waals surface area contributed by atoms with E-state index in [-0.39, 0.29) is 12.5 Å². The number of benzene rings is 1. The van der Waals surface area contributed by atoms with Crippen molar-refractivity contribution in [2.75, 3.05) is 26.2 Å². The monoisotopic (exact) mass is 467 g/mol. The van der Waals surface area contributed by atoms with Gasteiger partial charge >= 0.3 is 6.18 Å². The molecule has 32 heavy (non-hydrogen) atoms. The molecule has 5 nitrogen and oxygen atoms in total. The van der Waals surface area contributed by atoms with Crippen molar-refractivity contribution in [3.05, 3.63) is 28.8 Å². The van der Waals surface area contributed by atoms with E-state index in [0.29, 0.717) is 6.42 Å². The van der Waals surface area contributed by atoms with Crippen molar-refractivity contribution in [1.29, 1.82) is 0 Å². The van der Waals surface area contributed by atoms with Gasteiger partial charge in [0.05, 0.1) is 21.3 Å². The molecular weight excluding hydrogens is 439 g/mol. The van der Waals surface area contributed by atoms with Crippen molar-refractivity contribution < 1.29 is 22.8 Å². The second-order valence-electron chi connectivity index (χ2n) is 9.00. The lowest BCUT2D eigenvalue weighted by Gasteiger charge is -2.38. The van der Waals surface area contributed by atoms with Crippen molar-refractivity contribution in [2.24, 2.45) is 5.92 Å². The molecule has 0 bridgehead atoms. The average Bonchev–Trinajstić information content (AvgIpc) is 3.39. The molecule has 3 heterocycles. The lowest BCUT2D eigenvalue weighted by molar-refractivity contribution is -0.163. The minimum atomic E-state index is -4.69. The normalized spacial score (nSPS) is 22.6. The number of thiazole rings is 1. The Morgan fingerprint density at radius 3 is 2.66 bits per heavy atom. The predicted molar refractivity (Wildman–Crippen MR) is 118 cm³/mol. The fourth-order valence-electron chi connectivity index (χ4n) is 4.71. The Morgan fingerprint density at radius 2 is 1.94 bits per heavy atom. The molecule has 0 saturated carbocycles. The number of amides is 1. The van der Waals surface area contributed by atoms with Crippen LogP contribution in [-0.4, -0.2) is 58.8 Å². The van der Waals surface area contributed by atoms with Crippen molar-refractivity contribution in [1.82, 2.24) is 14.8 Å². The van der Waals surface area contributed by atoms with Gasteiger partial charge in [-0.1, -0.05) is 13.0 Å². The lowest BCUT2D eigenvalue weighted by atomic mass is 9.89. The van der Waals surface area contributed by atoms with Gasteiger partial charge in [0.2, 0.25) is 5.78 Å². The summed E-state index contributed by atoms with van der Waals surface area (Å²) >= 11 is 1.66. The van der Waals surface area contributed by atoms with Gasteiger partial charge in [-0.25, -0.2) is 4.98 Å². The van der Waals surface area contributed by atoms with E-state index >= 15 is 0 Å². The summed E-state index contributed by atoms with van der Waals surface area (Å²) in [4.78, 5) is 33.2. The molecule has 0 radical (unpaired) electrons. The predicted octanol–water partition coefficient (Wildman–Crippen LogP) is 4.76. The second-order valence-corrected chi connectivity index (χ2v) is 10.1. The van der Waals surface area contributed by atoms with Crippen LogP contribution in [0.5, 0.6) is 0 Å². The van der Waals surface area contributed by atoms with Gasteiger partial charge in [0, 0.05) is 19.5 Å². The Kier molecular flexibility index (Phi) is 6.86. The van der Waals surface area contributed by atoms with Gasteiger partial charge in [-0.2, -0.15) is 13.2 Å². The summed E-state index contributed by atoms with van der Waals surface area (Å²) in [6, 6.07) is 5.41. The fraction of sp³-hybridized carbons (Fsp3) is 0.609. The molecular formula is C23H28F3N3O2S. The smallest absolute Gasteiger partial charge is 0.329 e. The first-order valence-corrected chi connectivity index (χ1v) is 12.0. The zero-order valence-electron chi connectivity index (χ0n) is 18.2. The number of Topliss-reactive ketones (excluding diaryl/α,β-unsaturated/α-hetero) is 1. The number of halogens is 3. The number of nitrogens with zero attached hydrogens (tertiary/aromatic N) is 3. The Bertz CT molecular complexity index is 985. The second kappa shape index (κ2) is 9.47. The zero-order valence-corrected chi connectivity index (χ0v) is 19.0. The van der Waals surface area contributed by atoms with Crippen LogP contribution in [0.4, 0.5) is 13.2 Å². The molecule has 0 spiro atoms. The first-order chi connectivity index (χ1) is 15.2. The average molecular weight is 468 g/mol. The number of rotatable bonds is 6. The summed E-state index contributed by atoms with van der Waals surface area (Å²) < 4.78 is 39.1. The van der Waals surface area contributed by atoms with Crippen LogP contribution in [0.1, 0.15) is 55.6 Å². The fourth-order valence-corrected chi connectivity index (χ4v) is 5.64. The summed E-state index contributed by atoms with van der Waals surface area (Å²) in [6.45, 7) is 5.51. The standard InChI is InChI=1S/C23H28F3N3O2S/c1-15-4-6-18(29(14-15)22(31)19(30)13-23(24,25)26)16-5-7-20-17(12-16)27-21(32-20)8-11-28-9-2-3-10-28/h5,7,12,15,18H,2-4,6,8-11,13-14H2,1H3/t15-,18+/m0/s1. The molecule has 2 atom stereocenters. The highest BCUT2D eigenvalue weighted by Crippen LogP contribution is 2.36. The maximum Gasteiger partial charge on any atom is 0.396 e. The number of fused-ring (bicyclic) bond motifs is 1.